The van der Waals surface area contributed by atoms with Crippen LogP contribution in [-0.4, -0.2) is 20.5 Å². The zero-order valence-corrected chi connectivity index (χ0v) is 17.1. The highest BCUT2D eigenvalue weighted by molar-refractivity contribution is 8.00. The summed E-state index contributed by atoms with van der Waals surface area (Å²) >= 11 is 1.42. The Labute approximate surface area is 174 Å². The van der Waals surface area contributed by atoms with Gasteiger partial charge >= 0.3 is 0 Å². The lowest BCUT2D eigenvalue weighted by Gasteiger charge is -2.17. The predicted octanol–water partition coefficient (Wildman–Crippen LogP) is 5.60. The first-order chi connectivity index (χ1) is 14.1. The van der Waals surface area contributed by atoms with Crippen molar-refractivity contribution < 1.29 is 4.79 Å². The molecule has 1 aromatic heterocycles. The molecule has 0 saturated carbocycles. The molecule has 0 bridgehead atoms. The lowest BCUT2D eigenvalue weighted by atomic mass is 10.0. The van der Waals surface area contributed by atoms with Crippen LogP contribution in [0.15, 0.2) is 90.3 Å². The van der Waals surface area contributed by atoms with Crippen molar-refractivity contribution in [1.29, 1.82) is 0 Å². The van der Waals surface area contributed by atoms with Gasteiger partial charge in [-0.3, -0.25) is 9.36 Å². The molecule has 4 nitrogen and oxygen atoms in total. The molecule has 4 rings (SSSR count). The summed E-state index contributed by atoms with van der Waals surface area (Å²) in [6.45, 7) is 4.06. The summed E-state index contributed by atoms with van der Waals surface area (Å²) in [5.74, 6) is 0.0569. The molecule has 0 radical (unpaired) electrons. The Morgan fingerprint density at radius 3 is 2.14 bits per heavy atom. The van der Waals surface area contributed by atoms with E-state index in [-0.39, 0.29) is 5.78 Å². The Morgan fingerprint density at radius 2 is 1.48 bits per heavy atom. The van der Waals surface area contributed by atoms with E-state index in [4.69, 9.17) is 0 Å². The number of Topliss-reactive ketones (excluding diaryl/α,β-unsaturated/α-hetero) is 1. The second-order valence-electron chi connectivity index (χ2n) is 6.96. The first kappa shape index (κ1) is 19.2. The molecule has 0 aliphatic rings. The molecule has 0 spiro atoms. The molecule has 144 valence electrons. The summed E-state index contributed by atoms with van der Waals surface area (Å²) in [5.41, 5.74) is 4.90. The summed E-state index contributed by atoms with van der Waals surface area (Å²) in [6, 6.07) is 25.7. The van der Waals surface area contributed by atoms with Crippen molar-refractivity contribution in [2.45, 2.75) is 24.3 Å². The standard InChI is InChI=1S/C24H21N3OS/c1-17-8-12-19(13-9-17)22(28)23(20-14-10-18(2)11-15-20)29-24-26-25-16-27(24)21-6-4-3-5-7-21/h3-16,23H,1-2H3/t23-/m1/s1. The third-order valence-corrected chi connectivity index (χ3v) is 5.94. The van der Waals surface area contributed by atoms with E-state index in [9.17, 15) is 4.79 Å². The van der Waals surface area contributed by atoms with Crippen LogP contribution in [0.4, 0.5) is 0 Å². The highest BCUT2D eigenvalue weighted by atomic mass is 32.2. The Hall–Kier alpha value is -3.18. The summed E-state index contributed by atoms with van der Waals surface area (Å²) in [6.07, 6.45) is 1.68. The number of nitrogens with zero attached hydrogens (tertiary/aromatic N) is 3. The number of carbonyl (C=O) groups is 1. The quantitative estimate of drug-likeness (QED) is 0.313. The van der Waals surface area contributed by atoms with Crippen LogP contribution in [-0.2, 0) is 0 Å². The van der Waals surface area contributed by atoms with Crippen LogP contribution in [0.5, 0.6) is 0 Å². The van der Waals surface area contributed by atoms with Crippen molar-refractivity contribution in [2.24, 2.45) is 0 Å². The number of benzene rings is 3. The van der Waals surface area contributed by atoms with Crippen LogP contribution in [0.1, 0.15) is 32.3 Å². The molecule has 0 amide bonds. The number of thioether (sulfide) groups is 1. The molecular formula is C24H21N3OS. The van der Waals surface area contributed by atoms with Gasteiger partial charge in [-0.1, -0.05) is 89.6 Å². The lowest BCUT2D eigenvalue weighted by Crippen LogP contribution is -2.11. The van der Waals surface area contributed by atoms with Crippen LogP contribution in [0, 0.1) is 13.8 Å². The van der Waals surface area contributed by atoms with E-state index in [0.29, 0.717) is 10.7 Å². The minimum absolute atomic E-state index is 0.0569. The van der Waals surface area contributed by atoms with Gasteiger partial charge in [0.25, 0.3) is 0 Å². The van der Waals surface area contributed by atoms with E-state index < -0.39 is 5.25 Å². The van der Waals surface area contributed by atoms with Crippen molar-refractivity contribution in [1.82, 2.24) is 14.8 Å². The molecule has 1 atom stereocenters. The van der Waals surface area contributed by atoms with Gasteiger partial charge in [-0.25, -0.2) is 0 Å². The van der Waals surface area contributed by atoms with Crippen molar-refractivity contribution in [3.63, 3.8) is 0 Å². The molecule has 1 heterocycles. The van der Waals surface area contributed by atoms with Gasteiger partial charge < -0.3 is 0 Å². The highest BCUT2D eigenvalue weighted by Gasteiger charge is 2.26. The van der Waals surface area contributed by atoms with Crippen LogP contribution in [0.2, 0.25) is 0 Å². The van der Waals surface area contributed by atoms with Crippen molar-refractivity contribution >= 4 is 17.5 Å². The first-order valence-corrected chi connectivity index (χ1v) is 10.3. The van der Waals surface area contributed by atoms with Gasteiger partial charge in [0.1, 0.15) is 11.6 Å². The largest absolute Gasteiger partial charge is 0.293 e. The smallest absolute Gasteiger partial charge is 0.196 e. The monoisotopic (exact) mass is 399 g/mol. The Balaban J connectivity index is 1.72. The van der Waals surface area contributed by atoms with Crippen LogP contribution in [0.3, 0.4) is 0 Å². The number of ketones is 1. The first-order valence-electron chi connectivity index (χ1n) is 9.41. The summed E-state index contributed by atoms with van der Waals surface area (Å²) in [7, 11) is 0. The average Bonchev–Trinajstić information content (AvgIpc) is 3.22. The maximum Gasteiger partial charge on any atom is 0.196 e. The SMILES string of the molecule is Cc1ccc(C(=O)[C@H](Sc2nncn2-c2ccccc2)c2ccc(C)cc2)cc1. The molecule has 0 saturated heterocycles. The molecule has 3 aromatic carbocycles. The topological polar surface area (TPSA) is 47.8 Å². The van der Waals surface area contributed by atoms with E-state index in [1.807, 2.05) is 97.3 Å². The van der Waals surface area contributed by atoms with Gasteiger partial charge in [-0.2, -0.15) is 0 Å². The van der Waals surface area contributed by atoms with Crippen LogP contribution < -0.4 is 0 Å². The van der Waals surface area contributed by atoms with Crippen molar-refractivity contribution in [3.8, 4) is 5.69 Å². The summed E-state index contributed by atoms with van der Waals surface area (Å²) < 4.78 is 1.91. The van der Waals surface area contributed by atoms with Gasteiger partial charge in [0.2, 0.25) is 0 Å². The second-order valence-corrected chi connectivity index (χ2v) is 8.03. The van der Waals surface area contributed by atoms with E-state index in [0.717, 1.165) is 22.4 Å². The Bertz CT molecular complexity index is 1100. The van der Waals surface area contributed by atoms with Gasteiger partial charge in [0, 0.05) is 11.3 Å². The minimum Gasteiger partial charge on any atom is -0.293 e. The maximum atomic E-state index is 13.4. The van der Waals surface area contributed by atoms with Gasteiger partial charge in [-0.05, 0) is 31.5 Å². The zero-order chi connectivity index (χ0) is 20.2. The minimum atomic E-state index is -0.412. The number of aryl methyl sites for hydroxylation is 2. The number of rotatable bonds is 6. The molecule has 4 aromatic rings. The normalized spacial score (nSPS) is 11.9. The fourth-order valence-electron chi connectivity index (χ4n) is 3.06. The van der Waals surface area contributed by atoms with Gasteiger partial charge in [-0.15, -0.1) is 10.2 Å². The maximum absolute atomic E-state index is 13.4. The number of hydrogen-bond donors (Lipinski definition) is 0. The average molecular weight is 400 g/mol. The molecule has 29 heavy (non-hydrogen) atoms. The third-order valence-electron chi connectivity index (χ3n) is 4.73. The zero-order valence-electron chi connectivity index (χ0n) is 16.3. The van der Waals surface area contributed by atoms with E-state index >= 15 is 0 Å². The second kappa shape index (κ2) is 8.45. The molecule has 0 aliphatic carbocycles. The van der Waals surface area contributed by atoms with Crippen molar-refractivity contribution in [3.05, 3.63) is 107 Å². The number of carbonyl (C=O) groups excluding carboxylic acids is 1. The molecule has 0 N–H and O–H groups in total. The van der Waals surface area contributed by atoms with Gasteiger partial charge in [0.15, 0.2) is 10.9 Å². The van der Waals surface area contributed by atoms with E-state index in [1.165, 1.54) is 11.8 Å². The molecule has 0 aliphatic heterocycles. The van der Waals surface area contributed by atoms with E-state index in [1.54, 1.807) is 6.33 Å². The highest BCUT2D eigenvalue weighted by Crippen LogP contribution is 2.37. The van der Waals surface area contributed by atoms with Crippen LogP contribution >= 0.6 is 11.8 Å². The fourth-order valence-corrected chi connectivity index (χ4v) is 4.17. The van der Waals surface area contributed by atoms with Crippen molar-refractivity contribution in [2.75, 3.05) is 0 Å². The number of aromatic nitrogens is 3. The van der Waals surface area contributed by atoms with Gasteiger partial charge in [0.05, 0.1) is 0 Å². The lowest BCUT2D eigenvalue weighted by molar-refractivity contribution is 0.0989. The Morgan fingerprint density at radius 1 is 0.862 bits per heavy atom. The summed E-state index contributed by atoms with van der Waals surface area (Å²) in [5, 5.41) is 8.64. The number of para-hydroxylation sites is 1. The predicted molar refractivity (Wildman–Crippen MR) is 117 cm³/mol. The molecule has 0 unspecified atom stereocenters. The molecular weight excluding hydrogens is 378 g/mol. The number of hydrogen-bond acceptors (Lipinski definition) is 4. The molecule has 5 heteroatoms. The summed E-state index contributed by atoms with van der Waals surface area (Å²) in [4.78, 5) is 13.4. The third kappa shape index (κ3) is 4.30. The van der Waals surface area contributed by atoms with E-state index in [2.05, 4.69) is 10.2 Å². The molecule has 0 fully saturated rings. The fraction of sp³-hybridized carbons (Fsp3) is 0.125. The Kier molecular flexibility index (Phi) is 5.58. The van der Waals surface area contributed by atoms with Crippen LogP contribution in [0.25, 0.3) is 5.69 Å².